The van der Waals surface area contributed by atoms with Crippen LogP contribution in [0.4, 0.5) is 5.69 Å². The Kier molecular flexibility index (Phi) is 2.96. The second-order valence-electron chi connectivity index (χ2n) is 6.23. The smallest absolute Gasteiger partial charge is 0.0398 e. The Bertz CT molecular complexity index is 374. The Balaban J connectivity index is 2.27. The zero-order chi connectivity index (χ0) is 11.8. The van der Waals surface area contributed by atoms with E-state index in [0.29, 0.717) is 5.41 Å². The fourth-order valence-electron chi connectivity index (χ4n) is 2.53. The summed E-state index contributed by atoms with van der Waals surface area (Å²) in [5.74, 6) is 0. The van der Waals surface area contributed by atoms with Gasteiger partial charge < -0.3 is 4.90 Å². The molecular formula is C15H23N. The molecule has 0 saturated carbocycles. The van der Waals surface area contributed by atoms with E-state index in [9.17, 15) is 0 Å². The molecule has 0 unspecified atom stereocenters. The van der Waals surface area contributed by atoms with Gasteiger partial charge in [-0.3, -0.25) is 0 Å². The van der Waals surface area contributed by atoms with E-state index >= 15 is 0 Å². The predicted octanol–water partition coefficient (Wildman–Crippen LogP) is 3.66. The molecule has 0 bridgehead atoms. The maximum Gasteiger partial charge on any atom is 0.0398 e. The van der Waals surface area contributed by atoms with Crippen molar-refractivity contribution in [1.82, 2.24) is 0 Å². The van der Waals surface area contributed by atoms with Crippen molar-refractivity contribution in [3.05, 3.63) is 29.3 Å². The molecule has 16 heavy (non-hydrogen) atoms. The summed E-state index contributed by atoms with van der Waals surface area (Å²) in [4.78, 5) is 2.39. The third-order valence-electron chi connectivity index (χ3n) is 3.24. The van der Waals surface area contributed by atoms with Crippen LogP contribution < -0.4 is 4.90 Å². The van der Waals surface area contributed by atoms with Gasteiger partial charge in [0.05, 0.1) is 0 Å². The van der Waals surface area contributed by atoms with Gasteiger partial charge in [0.1, 0.15) is 0 Å². The number of benzene rings is 1. The van der Waals surface area contributed by atoms with Crippen LogP contribution in [-0.2, 0) is 12.8 Å². The molecule has 0 aromatic heterocycles. The van der Waals surface area contributed by atoms with Crippen LogP contribution in [0, 0.1) is 5.41 Å². The van der Waals surface area contributed by atoms with Crippen LogP contribution in [0.5, 0.6) is 0 Å². The summed E-state index contributed by atoms with van der Waals surface area (Å²) in [6, 6.07) is 7.02. The second kappa shape index (κ2) is 4.12. The van der Waals surface area contributed by atoms with E-state index < -0.39 is 0 Å². The Labute approximate surface area is 99.5 Å². The molecule has 1 heterocycles. The van der Waals surface area contributed by atoms with Crippen molar-refractivity contribution in [3.8, 4) is 0 Å². The lowest BCUT2D eigenvalue weighted by atomic mass is 9.87. The molecule has 1 aliphatic heterocycles. The second-order valence-corrected chi connectivity index (χ2v) is 6.23. The highest BCUT2D eigenvalue weighted by molar-refractivity contribution is 5.56. The Hall–Kier alpha value is -0.980. The van der Waals surface area contributed by atoms with Crippen LogP contribution in [0.2, 0.25) is 0 Å². The lowest BCUT2D eigenvalue weighted by Crippen LogP contribution is -2.25. The van der Waals surface area contributed by atoms with E-state index in [0.717, 1.165) is 6.42 Å². The molecule has 0 amide bonds. The molecular weight excluding hydrogens is 194 g/mol. The van der Waals surface area contributed by atoms with Crippen LogP contribution in [0.25, 0.3) is 0 Å². The highest BCUT2D eigenvalue weighted by atomic mass is 15.1. The van der Waals surface area contributed by atoms with Gasteiger partial charge in [-0.2, -0.15) is 0 Å². The molecule has 1 aromatic rings. The summed E-state index contributed by atoms with van der Waals surface area (Å²) >= 11 is 0. The van der Waals surface area contributed by atoms with Gasteiger partial charge in [0, 0.05) is 19.3 Å². The molecule has 88 valence electrons. The highest BCUT2D eigenvalue weighted by Crippen LogP contribution is 2.29. The van der Waals surface area contributed by atoms with E-state index in [1.165, 1.54) is 36.2 Å². The molecule has 1 heteroatoms. The summed E-state index contributed by atoms with van der Waals surface area (Å²) < 4.78 is 0. The van der Waals surface area contributed by atoms with Crippen molar-refractivity contribution < 1.29 is 0 Å². The largest absolute Gasteiger partial charge is 0.374 e. The van der Waals surface area contributed by atoms with Gasteiger partial charge in [-0.05, 0) is 41.9 Å². The minimum absolute atomic E-state index is 0.376. The Morgan fingerprint density at radius 1 is 1.25 bits per heavy atom. The van der Waals surface area contributed by atoms with E-state index in [2.05, 4.69) is 50.9 Å². The molecule has 2 rings (SSSR count). The SMILES string of the molecule is CN1CCCc2ccc(CC(C)(C)C)cc21. The van der Waals surface area contributed by atoms with Crippen molar-refractivity contribution in [2.24, 2.45) is 5.41 Å². The van der Waals surface area contributed by atoms with Crippen molar-refractivity contribution in [2.75, 3.05) is 18.5 Å². The molecule has 1 aliphatic rings. The standard InChI is InChI=1S/C15H23N/c1-15(2,3)11-12-7-8-13-6-5-9-16(4)14(13)10-12/h7-8,10H,5-6,9,11H2,1-4H3. The molecule has 0 saturated heterocycles. The van der Waals surface area contributed by atoms with E-state index in [-0.39, 0.29) is 0 Å². The molecule has 0 spiro atoms. The number of hydrogen-bond donors (Lipinski definition) is 0. The number of nitrogens with zero attached hydrogens (tertiary/aromatic N) is 1. The van der Waals surface area contributed by atoms with Crippen molar-refractivity contribution in [1.29, 1.82) is 0 Å². The molecule has 1 nitrogen and oxygen atoms in total. The first kappa shape index (κ1) is 11.5. The molecule has 0 N–H and O–H groups in total. The van der Waals surface area contributed by atoms with Gasteiger partial charge in [0.2, 0.25) is 0 Å². The quantitative estimate of drug-likeness (QED) is 0.694. The van der Waals surface area contributed by atoms with Crippen LogP contribution in [0.1, 0.15) is 38.3 Å². The van der Waals surface area contributed by atoms with Crippen LogP contribution in [-0.4, -0.2) is 13.6 Å². The first-order valence-corrected chi connectivity index (χ1v) is 6.29. The van der Waals surface area contributed by atoms with Gasteiger partial charge in [0.15, 0.2) is 0 Å². The summed E-state index contributed by atoms with van der Waals surface area (Å²) in [5.41, 5.74) is 4.82. The average Bonchev–Trinajstić information content (AvgIpc) is 2.17. The first-order chi connectivity index (χ1) is 7.46. The average molecular weight is 217 g/mol. The summed E-state index contributed by atoms with van der Waals surface area (Å²) in [5, 5.41) is 0. The third kappa shape index (κ3) is 2.58. The van der Waals surface area contributed by atoms with Gasteiger partial charge in [-0.15, -0.1) is 0 Å². The number of rotatable bonds is 1. The van der Waals surface area contributed by atoms with Crippen molar-refractivity contribution in [3.63, 3.8) is 0 Å². The van der Waals surface area contributed by atoms with E-state index in [1.807, 2.05) is 0 Å². The van der Waals surface area contributed by atoms with E-state index in [4.69, 9.17) is 0 Å². The van der Waals surface area contributed by atoms with Gasteiger partial charge in [-0.1, -0.05) is 32.9 Å². The minimum Gasteiger partial charge on any atom is -0.374 e. The van der Waals surface area contributed by atoms with Crippen LogP contribution >= 0.6 is 0 Å². The maximum absolute atomic E-state index is 2.39. The third-order valence-corrected chi connectivity index (χ3v) is 3.24. The van der Waals surface area contributed by atoms with Crippen molar-refractivity contribution >= 4 is 5.69 Å². The van der Waals surface area contributed by atoms with Crippen LogP contribution in [0.3, 0.4) is 0 Å². The monoisotopic (exact) mass is 217 g/mol. The fraction of sp³-hybridized carbons (Fsp3) is 0.600. The lowest BCUT2D eigenvalue weighted by Gasteiger charge is -2.29. The van der Waals surface area contributed by atoms with Gasteiger partial charge in [0.25, 0.3) is 0 Å². The first-order valence-electron chi connectivity index (χ1n) is 6.29. The molecule has 1 aromatic carbocycles. The Morgan fingerprint density at radius 3 is 2.69 bits per heavy atom. The van der Waals surface area contributed by atoms with Crippen LogP contribution in [0.15, 0.2) is 18.2 Å². The summed E-state index contributed by atoms with van der Waals surface area (Å²) in [7, 11) is 2.21. The summed E-state index contributed by atoms with van der Waals surface area (Å²) in [6.45, 7) is 8.11. The van der Waals surface area contributed by atoms with E-state index in [1.54, 1.807) is 0 Å². The topological polar surface area (TPSA) is 3.24 Å². The zero-order valence-corrected chi connectivity index (χ0v) is 11.0. The molecule has 0 atom stereocenters. The normalized spacial score (nSPS) is 16.1. The molecule has 0 aliphatic carbocycles. The molecule has 0 radical (unpaired) electrons. The number of anilines is 1. The number of hydrogen-bond acceptors (Lipinski definition) is 1. The number of aryl methyl sites for hydroxylation is 1. The number of fused-ring (bicyclic) bond motifs is 1. The fourth-order valence-corrected chi connectivity index (χ4v) is 2.53. The predicted molar refractivity (Wildman–Crippen MR) is 71.2 cm³/mol. The van der Waals surface area contributed by atoms with Crippen molar-refractivity contribution in [2.45, 2.75) is 40.0 Å². The van der Waals surface area contributed by atoms with Gasteiger partial charge in [-0.25, -0.2) is 0 Å². The zero-order valence-electron chi connectivity index (χ0n) is 11.0. The lowest BCUT2D eigenvalue weighted by molar-refractivity contribution is 0.411. The van der Waals surface area contributed by atoms with Gasteiger partial charge >= 0.3 is 0 Å². The highest BCUT2D eigenvalue weighted by Gasteiger charge is 2.16. The Morgan fingerprint density at radius 2 is 2.00 bits per heavy atom. The maximum atomic E-state index is 2.39. The minimum atomic E-state index is 0.376. The molecule has 0 fully saturated rings. The summed E-state index contributed by atoms with van der Waals surface area (Å²) in [6.07, 6.45) is 3.70.